The number of carbonyl (C=O) groups excluding carboxylic acids is 2. The van der Waals surface area contributed by atoms with Gasteiger partial charge >= 0.3 is 6.18 Å². The Kier molecular flexibility index (Phi) is 5.36. The topological polar surface area (TPSA) is 85.1 Å². The van der Waals surface area contributed by atoms with Gasteiger partial charge in [-0.1, -0.05) is 12.1 Å². The Hall–Kier alpha value is -3.68. The Balaban J connectivity index is 1.90. The van der Waals surface area contributed by atoms with Crippen molar-refractivity contribution in [3.8, 4) is 11.1 Å². The van der Waals surface area contributed by atoms with Crippen LogP contribution in [-0.2, 0) is 6.18 Å². The lowest BCUT2D eigenvalue weighted by atomic mass is 10.00. The SMILES string of the molecule is Cc1ccc(NC(=O)c2cccc(C(F)(F)F)c2)cc1-c1cncc(C(N)=O)c1. The normalized spacial score (nSPS) is 11.2. The van der Waals surface area contributed by atoms with E-state index in [4.69, 9.17) is 5.73 Å². The molecule has 1 aromatic heterocycles. The second-order valence-electron chi connectivity index (χ2n) is 6.39. The minimum Gasteiger partial charge on any atom is -0.366 e. The van der Waals surface area contributed by atoms with Crippen molar-refractivity contribution in [3.63, 3.8) is 0 Å². The smallest absolute Gasteiger partial charge is 0.366 e. The van der Waals surface area contributed by atoms with Gasteiger partial charge in [0.25, 0.3) is 5.91 Å². The molecule has 29 heavy (non-hydrogen) atoms. The van der Waals surface area contributed by atoms with E-state index in [0.29, 0.717) is 16.8 Å². The van der Waals surface area contributed by atoms with Crippen LogP contribution in [0.1, 0.15) is 31.8 Å². The number of hydrogen-bond donors (Lipinski definition) is 2. The third kappa shape index (κ3) is 4.60. The lowest BCUT2D eigenvalue weighted by Crippen LogP contribution is -2.14. The maximum Gasteiger partial charge on any atom is 0.416 e. The molecule has 0 saturated heterocycles. The number of hydrogen-bond acceptors (Lipinski definition) is 3. The Morgan fingerprint density at radius 3 is 2.45 bits per heavy atom. The van der Waals surface area contributed by atoms with Crippen molar-refractivity contribution in [3.05, 3.63) is 83.2 Å². The van der Waals surface area contributed by atoms with Gasteiger partial charge in [-0.25, -0.2) is 0 Å². The molecule has 0 spiro atoms. The molecule has 3 N–H and O–H groups in total. The number of nitrogens with zero attached hydrogens (tertiary/aromatic N) is 1. The van der Waals surface area contributed by atoms with Gasteiger partial charge in [0.2, 0.25) is 5.91 Å². The molecule has 0 saturated carbocycles. The summed E-state index contributed by atoms with van der Waals surface area (Å²) in [7, 11) is 0. The van der Waals surface area contributed by atoms with E-state index < -0.39 is 23.6 Å². The number of alkyl halides is 3. The van der Waals surface area contributed by atoms with Crippen LogP contribution in [0.3, 0.4) is 0 Å². The lowest BCUT2D eigenvalue weighted by molar-refractivity contribution is -0.137. The van der Waals surface area contributed by atoms with E-state index in [-0.39, 0.29) is 11.1 Å². The molecule has 3 rings (SSSR count). The second kappa shape index (κ2) is 7.75. The van der Waals surface area contributed by atoms with Gasteiger partial charge in [0, 0.05) is 29.2 Å². The summed E-state index contributed by atoms with van der Waals surface area (Å²) < 4.78 is 38.6. The summed E-state index contributed by atoms with van der Waals surface area (Å²) in [6.07, 6.45) is -1.64. The Morgan fingerprint density at radius 2 is 1.76 bits per heavy atom. The van der Waals surface area contributed by atoms with Crippen molar-refractivity contribution < 1.29 is 22.8 Å². The molecule has 3 aromatic rings. The number of halogens is 3. The summed E-state index contributed by atoms with van der Waals surface area (Å²) in [5, 5.41) is 2.59. The summed E-state index contributed by atoms with van der Waals surface area (Å²) in [4.78, 5) is 27.8. The van der Waals surface area contributed by atoms with Gasteiger partial charge in [-0.15, -0.1) is 0 Å². The molecule has 148 valence electrons. The number of aromatic nitrogens is 1. The van der Waals surface area contributed by atoms with Crippen LogP contribution in [0.25, 0.3) is 11.1 Å². The highest BCUT2D eigenvalue weighted by atomic mass is 19.4. The number of anilines is 1. The molecule has 0 bridgehead atoms. The number of nitrogens with one attached hydrogen (secondary N) is 1. The van der Waals surface area contributed by atoms with Crippen LogP contribution in [-0.4, -0.2) is 16.8 Å². The fourth-order valence-corrected chi connectivity index (χ4v) is 2.77. The first-order chi connectivity index (χ1) is 13.6. The average molecular weight is 399 g/mol. The standard InChI is InChI=1S/C21H16F3N3O2/c1-12-5-6-17(9-18(12)14-7-15(19(25)28)11-26-10-14)27-20(29)13-3-2-4-16(8-13)21(22,23)24/h2-11H,1H3,(H2,25,28)(H,27,29). The third-order valence-corrected chi connectivity index (χ3v) is 4.28. The molecule has 0 aliphatic rings. The van der Waals surface area contributed by atoms with Gasteiger partial charge in [0.05, 0.1) is 11.1 Å². The van der Waals surface area contributed by atoms with Crippen molar-refractivity contribution in [2.45, 2.75) is 13.1 Å². The number of nitrogens with two attached hydrogens (primary N) is 1. The molecule has 0 fully saturated rings. The molecule has 0 unspecified atom stereocenters. The Labute approximate surface area is 164 Å². The third-order valence-electron chi connectivity index (χ3n) is 4.28. The summed E-state index contributed by atoms with van der Waals surface area (Å²) in [5.41, 5.74) is 7.07. The van der Waals surface area contributed by atoms with Gasteiger partial charge in [-0.05, 0) is 54.4 Å². The van der Waals surface area contributed by atoms with Gasteiger partial charge < -0.3 is 11.1 Å². The number of pyridine rings is 1. The highest BCUT2D eigenvalue weighted by Crippen LogP contribution is 2.30. The van der Waals surface area contributed by atoms with Gasteiger partial charge in [0.1, 0.15) is 0 Å². The lowest BCUT2D eigenvalue weighted by Gasteiger charge is -2.12. The van der Waals surface area contributed by atoms with Crippen molar-refractivity contribution in [1.82, 2.24) is 4.98 Å². The predicted octanol–water partition coefficient (Wildman–Crippen LogP) is 4.43. The number of rotatable bonds is 4. The fraction of sp³-hybridized carbons (Fsp3) is 0.0952. The highest BCUT2D eigenvalue weighted by Gasteiger charge is 2.30. The Bertz CT molecular complexity index is 1090. The van der Waals surface area contributed by atoms with Crippen LogP contribution >= 0.6 is 0 Å². The molecule has 2 amide bonds. The molecule has 1 heterocycles. The molecule has 0 aliphatic carbocycles. The van der Waals surface area contributed by atoms with E-state index in [0.717, 1.165) is 17.7 Å². The van der Waals surface area contributed by atoms with E-state index in [1.54, 1.807) is 30.5 Å². The molecule has 0 aliphatic heterocycles. The monoisotopic (exact) mass is 399 g/mol. The van der Waals surface area contributed by atoms with Crippen LogP contribution in [0.4, 0.5) is 18.9 Å². The summed E-state index contributed by atoms with van der Waals surface area (Å²) in [5.74, 6) is -1.29. The number of aryl methyl sites for hydroxylation is 1. The van der Waals surface area contributed by atoms with E-state index in [9.17, 15) is 22.8 Å². The quantitative estimate of drug-likeness (QED) is 0.681. The van der Waals surface area contributed by atoms with Gasteiger partial charge in [-0.3, -0.25) is 14.6 Å². The summed E-state index contributed by atoms with van der Waals surface area (Å²) in [6.45, 7) is 1.84. The van der Waals surface area contributed by atoms with Crippen molar-refractivity contribution in [2.75, 3.05) is 5.32 Å². The van der Waals surface area contributed by atoms with E-state index in [2.05, 4.69) is 10.3 Å². The molecule has 0 atom stereocenters. The van der Waals surface area contributed by atoms with Crippen LogP contribution in [0.15, 0.2) is 60.9 Å². The molecule has 2 aromatic carbocycles. The van der Waals surface area contributed by atoms with Gasteiger partial charge in [0.15, 0.2) is 0 Å². The first kappa shape index (κ1) is 20.1. The van der Waals surface area contributed by atoms with Crippen LogP contribution in [0, 0.1) is 6.92 Å². The van der Waals surface area contributed by atoms with E-state index in [1.807, 2.05) is 6.92 Å². The zero-order valence-corrected chi connectivity index (χ0v) is 15.2. The minimum atomic E-state index is -4.54. The highest BCUT2D eigenvalue weighted by molar-refractivity contribution is 6.04. The minimum absolute atomic E-state index is 0.112. The van der Waals surface area contributed by atoms with Crippen LogP contribution in [0.2, 0.25) is 0 Å². The largest absolute Gasteiger partial charge is 0.416 e. The number of amides is 2. The zero-order chi connectivity index (χ0) is 21.2. The molecule has 8 heteroatoms. The summed E-state index contributed by atoms with van der Waals surface area (Å²) >= 11 is 0. The number of carbonyl (C=O) groups is 2. The zero-order valence-electron chi connectivity index (χ0n) is 15.2. The van der Waals surface area contributed by atoms with E-state index >= 15 is 0 Å². The Morgan fingerprint density at radius 1 is 1.00 bits per heavy atom. The van der Waals surface area contributed by atoms with Crippen molar-refractivity contribution in [2.24, 2.45) is 5.73 Å². The van der Waals surface area contributed by atoms with Gasteiger partial charge in [-0.2, -0.15) is 13.2 Å². The average Bonchev–Trinajstić information content (AvgIpc) is 2.69. The van der Waals surface area contributed by atoms with Crippen molar-refractivity contribution >= 4 is 17.5 Å². The van der Waals surface area contributed by atoms with Crippen LogP contribution in [0.5, 0.6) is 0 Å². The number of benzene rings is 2. The molecular formula is C21H16F3N3O2. The van der Waals surface area contributed by atoms with E-state index in [1.165, 1.54) is 18.3 Å². The second-order valence-corrected chi connectivity index (χ2v) is 6.39. The number of primary amides is 1. The predicted molar refractivity (Wildman–Crippen MR) is 102 cm³/mol. The van der Waals surface area contributed by atoms with Crippen molar-refractivity contribution in [1.29, 1.82) is 0 Å². The molecule has 0 radical (unpaired) electrons. The van der Waals surface area contributed by atoms with Crippen LogP contribution < -0.4 is 11.1 Å². The molecule has 5 nitrogen and oxygen atoms in total. The molecular weight excluding hydrogens is 383 g/mol. The first-order valence-corrected chi connectivity index (χ1v) is 8.49. The summed E-state index contributed by atoms with van der Waals surface area (Å²) in [6, 6.07) is 10.8. The first-order valence-electron chi connectivity index (χ1n) is 8.49. The maximum atomic E-state index is 12.9. The maximum absolute atomic E-state index is 12.9. The fourth-order valence-electron chi connectivity index (χ4n) is 2.77.